The fourth-order valence-electron chi connectivity index (χ4n) is 1.66. The highest BCUT2D eigenvalue weighted by Crippen LogP contribution is 2.59. The summed E-state index contributed by atoms with van der Waals surface area (Å²) in [5.41, 5.74) is 1.24. The van der Waals surface area contributed by atoms with Crippen molar-refractivity contribution in [2.45, 2.75) is 33.1 Å². The lowest BCUT2D eigenvalue weighted by Gasteiger charge is -2.23. The second-order valence-electron chi connectivity index (χ2n) is 5.15. The van der Waals surface area contributed by atoms with E-state index in [-0.39, 0.29) is 10.7 Å². The van der Waals surface area contributed by atoms with Gasteiger partial charge in [-0.25, -0.2) is 0 Å². The minimum atomic E-state index is -3.98. The maximum Gasteiger partial charge on any atom is 0.452 e. The Morgan fingerprint density at radius 2 is 1.72 bits per heavy atom. The van der Waals surface area contributed by atoms with Crippen molar-refractivity contribution in [1.29, 1.82) is 0 Å². The lowest BCUT2D eigenvalue weighted by atomic mass is 9.86. The average molecular weight is 293 g/mol. The van der Waals surface area contributed by atoms with Crippen molar-refractivity contribution in [3.8, 4) is 0 Å². The molecule has 0 aliphatic rings. The second kappa shape index (κ2) is 5.48. The van der Waals surface area contributed by atoms with Gasteiger partial charge in [0.15, 0.2) is 5.30 Å². The molecule has 7 heteroatoms. The highest BCUT2D eigenvalue weighted by Gasteiger charge is 2.46. The summed E-state index contributed by atoms with van der Waals surface area (Å²) in [6.45, 7) is 7.61. The van der Waals surface area contributed by atoms with Crippen LogP contribution >= 0.6 is 16.5 Å². The first kappa shape index (κ1) is 15.9. The van der Waals surface area contributed by atoms with Crippen LogP contribution in [0.3, 0.4) is 0 Å². The van der Waals surface area contributed by atoms with E-state index in [1.54, 1.807) is 12.1 Å². The van der Waals surface area contributed by atoms with Crippen LogP contribution in [-0.4, -0.2) is 19.6 Å². The van der Waals surface area contributed by atoms with Gasteiger partial charge in [-0.1, -0.05) is 37.2 Å². The lowest BCUT2D eigenvalue weighted by Crippen LogP contribution is -2.25. The highest BCUT2D eigenvalue weighted by molar-refractivity contribution is 7.72. The number of aryl methyl sites for hydroxylation is 1. The smallest absolute Gasteiger partial charge is 0.326 e. The quantitative estimate of drug-likeness (QED) is 0.639. The van der Waals surface area contributed by atoms with Gasteiger partial charge in [-0.2, -0.15) is 9.79 Å². The van der Waals surface area contributed by atoms with Crippen LogP contribution in [0, 0.1) is 6.92 Å². The Morgan fingerprint density at radius 1 is 1.17 bits per heavy atom. The normalized spacial score (nSPS) is 13.2. The molecule has 0 atom stereocenters. The van der Waals surface area contributed by atoms with Crippen molar-refractivity contribution in [1.82, 2.24) is 0 Å². The molecule has 0 heterocycles. The van der Waals surface area contributed by atoms with Gasteiger partial charge >= 0.3 is 16.5 Å². The zero-order valence-corrected chi connectivity index (χ0v) is 12.6. The highest BCUT2D eigenvalue weighted by atomic mass is 31.3. The Labute approximate surface area is 109 Å². The zero-order chi connectivity index (χ0) is 14.1. The minimum absolute atomic E-state index is 0.227. The summed E-state index contributed by atoms with van der Waals surface area (Å²) < 4.78 is 4.51. The largest absolute Gasteiger partial charge is 0.452 e. The van der Waals surface area contributed by atoms with Crippen molar-refractivity contribution in [2.75, 3.05) is 0 Å². The Balaban J connectivity index is 3.33. The minimum Gasteiger partial charge on any atom is -0.326 e. The van der Waals surface area contributed by atoms with Gasteiger partial charge in [0.05, 0.1) is 0 Å². The van der Waals surface area contributed by atoms with E-state index in [9.17, 15) is 9.79 Å². The van der Waals surface area contributed by atoms with Gasteiger partial charge in [0.2, 0.25) is 0 Å². The SMILES string of the molecule is Cc1ccc(C(C)(C)C)c([P+](O)(O)OP(O)O)c1. The molecule has 1 aromatic rings. The van der Waals surface area contributed by atoms with Gasteiger partial charge in [0.25, 0.3) is 0 Å². The van der Waals surface area contributed by atoms with E-state index in [1.165, 1.54) is 0 Å². The third-order valence-corrected chi connectivity index (χ3v) is 4.95. The van der Waals surface area contributed by atoms with Crippen molar-refractivity contribution in [3.63, 3.8) is 0 Å². The molecular formula is C11H19O5P2+. The molecule has 0 saturated carbocycles. The molecule has 0 aliphatic heterocycles. The van der Waals surface area contributed by atoms with Gasteiger partial charge in [-0.05, 0) is 24.0 Å². The summed E-state index contributed by atoms with van der Waals surface area (Å²) in [6, 6.07) is 5.27. The summed E-state index contributed by atoms with van der Waals surface area (Å²) >= 11 is 0. The monoisotopic (exact) mass is 293 g/mol. The predicted octanol–water partition coefficient (Wildman–Crippen LogP) is 1.89. The first-order valence-electron chi connectivity index (χ1n) is 5.38. The Morgan fingerprint density at radius 3 is 2.17 bits per heavy atom. The van der Waals surface area contributed by atoms with E-state index in [0.717, 1.165) is 5.56 Å². The fraction of sp³-hybridized carbons (Fsp3) is 0.455. The molecule has 1 rings (SSSR count). The third-order valence-electron chi connectivity index (χ3n) is 2.46. The van der Waals surface area contributed by atoms with Crippen LogP contribution in [0.5, 0.6) is 0 Å². The molecule has 0 saturated heterocycles. The number of hydrogen-bond acceptors (Lipinski definition) is 5. The van der Waals surface area contributed by atoms with Gasteiger partial charge in [-0.3, -0.25) is 0 Å². The molecule has 0 aliphatic carbocycles. The van der Waals surface area contributed by atoms with Crippen LogP contribution in [0.25, 0.3) is 0 Å². The summed E-state index contributed by atoms with van der Waals surface area (Å²) in [5.74, 6) is 0. The van der Waals surface area contributed by atoms with Crippen molar-refractivity contribution in [3.05, 3.63) is 29.3 Å². The Hall–Kier alpha value is -0.120. The van der Waals surface area contributed by atoms with Gasteiger partial charge in [-0.15, -0.1) is 0 Å². The zero-order valence-electron chi connectivity index (χ0n) is 10.8. The third kappa shape index (κ3) is 3.94. The molecule has 4 N–H and O–H groups in total. The van der Waals surface area contributed by atoms with Crippen LogP contribution < -0.4 is 5.30 Å². The lowest BCUT2D eigenvalue weighted by molar-refractivity contribution is 0.310. The molecule has 1 aromatic carbocycles. The van der Waals surface area contributed by atoms with Crippen LogP contribution in [-0.2, 0) is 9.73 Å². The fourth-order valence-corrected chi connectivity index (χ4v) is 3.92. The number of rotatable bonds is 3. The molecule has 0 amide bonds. The molecule has 5 nitrogen and oxygen atoms in total. The van der Waals surface area contributed by atoms with Crippen LogP contribution in [0.15, 0.2) is 18.2 Å². The van der Waals surface area contributed by atoms with E-state index in [0.29, 0.717) is 5.56 Å². The van der Waals surface area contributed by atoms with Gasteiger partial charge < -0.3 is 9.79 Å². The maximum absolute atomic E-state index is 9.97. The van der Waals surface area contributed by atoms with Crippen LogP contribution in [0.2, 0.25) is 0 Å². The Bertz CT molecular complexity index is 426. The number of hydrogen-bond donors (Lipinski definition) is 4. The molecule has 18 heavy (non-hydrogen) atoms. The second-order valence-corrected chi connectivity index (χ2v) is 7.88. The summed E-state index contributed by atoms with van der Waals surface area (Å²) in [5, 5.41) is 0.227. The van der Waals surface area contributed by atoms with Crippen LogP contribution in [0.1, 0.15) is 31.9 Å². The van der Waals surface area contributed by atoms with Crippen molar-refractivity contribution in [2.24, 2.45) is 0 Å². The molecule has 0 bridgehead atoms. The standard InChI is InChI=1S/C11H19O5P2/c1-8-5-6-9(11(2,3)4)10(7-8)18(14,15)16-17(12)13/h5-7,12-15H,1-4H3/q+1. The molecule has 0 spiro atoms. The molecule has 0 unspecified atom stereocenters. The predicted molar refractivity (Wildman–Crippen MR) is 73.3 cm³/mol. The topological polar surface area (TPSA) is 90.2 Å². The number of benzene rings is 1. The summed E-state index contributed by atoms with van der Waals surface area (Å²) in [7, 11) is -6.80. The van der Waals surface area contributed by atoms with E-state index < -0.39 is 16.5 Å². The first-order chi connectivity index (χ1) is 8.04. The van der Waals surface area contributed by atoms with E-state index in [2.05, 4.69) is 4.31 Å². The van der Waals surface area contributed by atoms with Gasteiger partial charge in [0.1, 0.15) is 0 Å². The van der Waals surface area contributed by atoms with Crippen LogP contribution in [0.4, 0.5) is 0 Å². The first-order valence-corrected chi connectivity index (χ1v) is 8.15. The summed E-state index contributed by atoms with van der Waals surface area (Å²) in [4.78, 5) is 37.6. The van der Waals surface area contributed by atoms with Crippen molar-refractivity contribution >= 4 is 21.9 Å². The van der Waals surface area contributed by atoms with Crippen molar-refractivity contribution < 1.29 is 23.9 Å². The maximum atomic E-state index is 9.97. The van der Waals surface area contributed by atoms with E-state index in [1.807, 2.05) is 33.8 Å². The van der Waals surface area contributed by atoms with Gasteiger partial charge in [0, 0.05) is 5.56 Å². The molecule has 0 fully saturated rings. The average Bonchev–Trinajstić information content (AvgIpc) is 2.13. The molecule has 0 radical (unpaired) electrons. The van der Waals surface area contributed by atoms with E-state index in [4.69, 9.17) is 9.79 Å². The van der Waals surface area contributed by atoms with E-state index >= 15 is 0 Å². The Kier molecular flexibility index (Phi) is 4.85. The molecule has 0 aromatic heterocycles. The molecule has 102 valence electrons. The molecular weight excluding hydrogens is 274 g/mol. The summed E-state index contributed by atoms with van der Waals surface area (Å²) in [6.07, 6.45) is 0.